The Hall–Kier alpha value is -0.796. The molecule has 0 aliphatic carbocycles. The minimum atomic E-state index is -2.00. The van der Waals surface area contributed by atoms with Gasteiger partial charge in [-0.05, 0) is 41.8 Å². The van der Waals surface area contributed by atoms with Crippen LogP contribution in [0.15, 0.2) is 30.3 Å². The molecular weight excluding hydrogens is 396 g/mol. The lowest BCUT2D eigenvalue weighted by molar-refractivity contribution is -0.136. The average Bonchev–Trinajstić information content (AvgIpc) is 2.58. The third kappa shape index (κ3) is 8.09. The predicted octanol–water partition coefficient (Wildman–Crippen LogP) is 6.18. The summed E-state index contributed by atoms with van der Waals surface area (Å²) in [6.45, 7) is 22.6. The number of hydrogen-bond donors (Lipinski definition) is 0. The van der Waals surface area contributed by atoms with Gasteiger partial charge in [0.15, 0.2) is 22.4 Å². The van der Waals surface area contributed by atoms with Crippen LogP contribution in [0.25, 0.3) is 0 Å². The van der Waals surface area contributed by atoms with Gasteiger partial charge in [0.05, 0.1) is 19.8 Å². The Bertz CT molecular complexity index is 643. The van der Waals surface area contributed by atoms with Gasteiger partial charge in [-0.25, -0.2) is 0 Å². The van der Waals surface area contributed by atoms with Crippen molar-refractivity contribution in [2.75, 3.05) is 13.2 Å². The van der Waals surface area contributed by atoms with Crippen molar-refractivity contribution in [3.63, 3.8) is 0 Å². The van der Waals surface area contributed by atoms with Crippen LogP contribution in [-0.4, -0.2) is 41.7 Å². The van der Waals surface area contributed by atoms with Crippen LogP contribution in [0.2, 0.25) is 36.3 Å². The molecule has 29 heavy (non-hydrogen) atoms. The van der Waals surface area contributed by atoms with Gasteiger partial charge >= 0.3 is 0 Å². The van der Waals surface area contributed by atoms with E-state index in [1.165, 1.54) is 0 Å². The maximum absolute atomic E-state index is 13.0. The summed E-state index contributed by atoms with van der Waals surface area (Å²) >= 11 is 0. The van der Waals surface area contributed by atoms with E-state index < -0.39 is 22.7 Å². The summed E-state index contributed by atoms with van der Waals surface area (Å²) in [6, 6.07) is 9.93. The standard InChI is InChI=1S/C23H42O4Si2/c1-22(2,3)28(7,8)26-17-20(24)21(18-27-29(9,10)23(4,5)6)25-16-19-14-12-11-13-15-19/h11-15,21H,16-18H2,1-10H3/t21-/m0/s1. The minimum absolute atomic E-state index is 0.0375. The summed E-state index contributed by atoms with van der Waals surface area (Å²) in [5.74, 6) is -0.0375. The zero-order valence-corrected chi connectivity index (χ0v) is 22.2. The van der Waals surface area contributed by atoms with Gasteiger partial charge in [-0.3, -0.25) is 4.79 Å². The molecule has 0 saturated carbocycles. The van der Waals surface area contributed by atoms with E-state index in [-0.39, 0.29) is 29.1 Å². The van der Waals surface area contributed by atoms with Crippen LogP contribution < -0.4 is 0 Å². The molecule has 1 atom stereocenters. The van der Waals surface area contributed by atoms with E-state index >= 15 is 0 Å². The number of benzene rings is 1. The first-order valence-electron chi connectivity index (χ1n) is 10.5. The van der Waals surface area contributed by atoms with E-state index in [0.29, 0.717) is 6.61 Å². The molecule has 166 valence electrons. The van der Waals surface area contributed by atoms with Crippen molar-refractivity contribution in [2.24, 2.45) is 0 Å². The van der Waals surface area contributed by atoms with Gasteiger partial charge in [-0.2, -0.15) is 0 Å². The van der Waals surface area contributed by atoms with Crippen LogP contribution in [0, 0.1) is 0 Å². The lowest BCUT2D eigenvalue weighted by atomic mass is 10.2. The summed E-state index contributed by atoms with van der Waals surface area (Å²) < 4.78 is 18.5. The summed E-state index contributed by atoms with van der Waals surface area (Å²) in [5, 5.41) is 0.142. The molecule has 0 amide bonds. The van der Waals surface area contributed by atoms with E-state index in [0.717, 1.165) is 5.56 Å². The van der Waals surface area contributed by atoms with Crippen molar-refractivity contribution >= 4 is 22.4 Å². The molecule has 0 aliphatic rings. The summed E-state index contributed by atoms with van der Waals surface area (Å²) in [4.78, 5) is 13.0. The highest BCUT2D eigenvalue weighted by atomic mass is 28.4. The van der Waals surface area contributed by atoms with E-state index in [2.05, 4.69) is 67.7 Å². The van der Waals surface area contributed by atoms with Crippen molar-refractivity contribution in [3.8, 4) is 0 Å². The lowest BCUT2D eigenvalue weighted by Crippen LogP contribution is -2.46. The van der Waals surface area contributed by atoms with Crippen molar-refractivity contribution in [3.05, 3.63) is 35.9 Å². The average molecular weight is 439 g/mol. The molecule has 0 heterocycles. The quantitative estimate of drug-likeness (QED) is 0.409. The molecule has 0 aromatic heterocycles. The summed E-state index contributed by atoms with van der Waals surface area (Å²) in [5.41, 5.74) is 1.04. The smallest absolute Gasteiger partial charge is 0.192 e. The zero-order chi connectivity index (χ0) is 22.5. The number of hydrogen-bond acceptors (Lipinski definition) is 4. The van der Waals surface area contributed by atoms with Gasteiger partial charge in [0.25, 0.3) is 0 Å². The maximum atomic E-state index is 13.0. The first-order chi connectivity index (χ1) is 13.1. The summed E-state index contributed by atoms with van der Waals surface area (Å²) in [7, 11) is -3.97. The first-order valence-corrected chi connectivity index (χ1v) is 16.3. The van der Waals surface area contributed by atoms with E-state index in [9.17, 15) is 4.79 Å². The number of carbonyl (C=O) groups excluding carboxylic acids is 1. The molecule has 1 rings (SSSR count). The molecule has 0 bridgehead atoms. The SMILES string of the molecule is CC(C)(C)[Si](C)(C)OCC(=O)[C@H](CO[Si](C)(C)C(C)(C)C)OCc1ccccc1. The Kier molecular flexibility index (Phi) is 9.05. The van der Waals surface area contributed by atoms with Gasteiger partial charge in [0.1, 0.15) is 6.10 Å². The number of rotatable bonds is 10. The van der Waals surface area contributed by atoms with Crippen LogP contribution in [0.3, 0.4) is 0 Å². The molecule has 0 aliphatic heterocycles. The van der Waals surface area contributed by atoms with Gasteiger partial charge in [-0.15, -0.1) is 0 Å². The topological polar surface area (TPSA) is 44.8 Å². The van der Waals surface area contributed by atoms with Gasteiger partial charge in [0, 0.05) is 0 Å². The Morgan fingerprint density at radius 2 is 1.34 bits per heavy atom. The molecule has 0 spiro atoms. The second-order valence-electron chi connectivity index (χ2n) is 10.9. The molecule has 1 aromatic rings. The van der Waals surface area contributed by atoms with Crippen molar-refractivity contribution < 1.29 is 18.4 Å². The normalized spacial score (nSPS) is 14.7. The summed E-state index contributed by atoms with van der Waals surface area (Å²) in [6.07, 6.45) is -0.617. The minimum Gasteiger partial charge on any atom is -0.414 e. The van der Waals surface area contributed by atoms with Gasteiger partial charge in [0.2, 0.25) is 0 Å². The zero-order valence-electron chi connectivity index (χ0n) is 20.2. The maximum Gasteiger partial charge on any atom is 0.192 e. The monoisotopic (exact) mass is 438 g/mol. The van der Waals surface area contributed by atoms with Gasteiger partial charge < -0.3 is 13.6 Å². The molecule has 0 radical (unpaired) electrons. The van der Waals surface area contributed by atoms with E-state index in [4.69, 9.17) is 13.6 Å². The fourth-order valence-electron chi connectivity index (χ4n) is 2.07. The largest absolute Gasteiger partial charge is 0.414 e. The Balaban J connectivity index is 2.84. The lowest BCUT2D eigenvalue weighted by Gasteiger charge is -2.38. The molecule has 6 heteroatoms. The second kappa shape index (κ2) is 10.0. The van der Waals surface area contributed by atoms with Crippen LogP contribution in [-0.2, 0) is 25.0 Å². The van der Waals surface area contributed by atoms with Gasteiger partial charge in [-0.1, -0.05) is 71.9 Å². The number of ketones is 1. The number of carbonyl (C=O) groups is 1. The second-order valence-corrected chi connectivity index (χ2v) is 20.5. The first kappa shape index (κ1) is 26.2. The molecule has 0 saturated heterocycles. The van der Waals surface area contributed by atoms with Crippen LogP contribution in [0.5, 0.6) is 0 Å². The highest BCUT2D eigenvalue weighted by molar-refractivity contribution is 6.74. The Morgan fingerprint density at radius 3 is 1.83 bits per heavy atom. The van der Waals surface area contributed by atoms with Crippen molar-refractivity contribution in [1.29, 1.82) is 0 Å². The molecular formula is C23H42O4Si2. The predicted molar refractivity (Wildman–Crippen MR) is 126 cm³/mol. The van der Waals surface area contributed by atoms with Crippen LogP contribution in [0.4, 0.5) is 0 Å². The fourth-order valence-corrected chi connectivity index (χ4v) is 4.00. The third-order valence-electron chi connectivity index (χ3n) is 6.44. The van der Waals surface area contributed by atoms with E-state index in [1.54, 1.807) is 0 Å². The molecule has 4 nitrogen and oxygen atoms in total. The Labute approximate surface area is 180 Å². The van der Waals surface area contributed by atoms with Crippen molar-refractivity contribution in [2.45, 2.75) is 90.5 Å². The van der Waals surface area contributed by atoms with Crippen LogP contribution in [0.1, 0.15) is 47.1 Å². The molecule has 0 fully saturated rings. The number of ether oxygens (including phenoxy) is 1. The fraction of sp³-hybridized carbons (Fsp3) is 0.696. The highest BCUT2D eigenvalue weighted by Gasteiger charge is 2.40. The molecule has 1 aromatic carbocycles. The van der Waals surface area contributed by atoms with Crippen LogP contribution >= 0.6 is 0 Å². The van der Waals surface area contributed by atoms with E-state index in [1.807, 2.05) is 30.3 Å². The number of Topliss-reactive ketones (excluding diaryl/α,β-unsaturated/α-hetero) is 1. The highest BCUT2D eigenvalue weighted by Crippen LogP contribution is 2.37. The van der Waals surface area contributed by atoms with Crippen molar-refractivity contribution in [1.82, 2.24) is 0 Å². The molecule has 0 unspecified atom stereocenters. The molecule has 0 N–H and O–H groups in total. The third-order valence-corrected chi connectivity index (χ3v) is 15.4. The Morgan fingerprint density at radius 1 is 0.862 bits per heavy atom.